The number of benzene rings is 4. The Labute approximate surface area is 215 Å². The zero-order valence-electron chi connectivity index (χ0n) is 20.5. The lowest BCUT2D eigenvalue weighted by molar-refractivity contribution is -0.120. The molecule has 5 nitrogen and oxygen atoms in total. The van der Waals surface area contributed by atoms with Crippen molar-refractivity contribution in [2.45, 2.75) is 13.1 Å². The van der Waals surface area contributed by atoms with Gasteiger partial charge in [-0.1, -0.05) is 48.5 Å². The fourth-order valence-electron chi connectivity index (χ4n) is 4.90. The number of aromatic nitrogens is 2. The standard InChI is InChI=1S/C32H26N2O3/c1-36-29-11-5-23(6-12-29)20-33-15-13-25-7-9-27(18-31(25)33)28-10-8-26-14-16-34(32(26)19-28)21-24-3-2-4-30(17-24)37-22-35/h2-19,22H,20-21H2,1H3. The zero-order chi connectivity index (χ0) is 25.2. The summed E-state index contributed by atoms with van der Waals surface area (Å²) in [5.74, 6) is 1.42. The molecular weight excluding hydrogens is 460 g/mol. The van der Waals surface area contributed by atoms with Gasteiger partial charge in [-0.25, -0.2) is 0 Å². The van der Waals surface area contributed by atoms with E-state index in [0.29, 0.717) is 18.8 Å². The van der Waals surface area contributed by atoms with Gasteiger partial charge in [0.15, 0.2) is 0 Å². The maximum absolute atomic E-state index is 10.7. The molecule has 0 amide bonds. The molecule has 0 fully saturated rings. The molecule has 0 aliphatic rings. The van der Waals surface area contributed by atoms with E-state index < -0.39 is 0 Å². The molecule has 0 aliphatic heterocycles. The van der Waals surface area contributed by atoms with Crippen molar-refractivity contribution < 1.29 is 14.3 Å². The molecule has 37 heavy (non-hydrogen) atoms. The van der Waals surface area contributed by atoms with Crippen LogP contribution in [0.5, 0.6) is 11.5 Å². The maximum Gasteiger partial charge on any atom is 0.298 e. The summed E-state index contributed by atoms with van der Waals surface area (Å²) in [7, 11) is 1.69. The average Bonchev–Trinajstić information content (AvgIpc) is 3.53. The van der Waals surface area contributed by atoms with Crippen molar-refractivity contribution in [1.82, 2.24) is 9.13 Å². The van der Waals surface area contributed by atoms with Gasteiger partial charge < -0.3 is 18.6 Å². The highest BCUT2D eigenvalue weighted by Gasteiger charge is 2.09. The van der Waals surface area contributed by atoms with Crippen LogP contribution in [0, 0.1) is 0 Å². The number of methoxy groups -OCH3 is 1. The van der Waals surface area contributed by atoms with Gasteiger partial charge in [-0.3, -0.25) is 4.79 Å². The third kappa shape index (κ3) is 4.59. The Bertz CT molecular complexity index is 1710. The summed E-state index contributed by atoms with van der Waals surface area (Å²) >= 11 is 0. The van der Waals surface area contributed by atoms with Gasteiger partial charge in [-0.05, 0) is 81.6 Å². The number of carbonyl (C=O) groups excluding carboxylic acids is 1. The van der Waals surface area contributed by atoms with Crippen molar-refractivity contribution in [3.63, 3.8) is 0 Å². The minimum Gasteiger partial charge on any atom is -0.497 e. The summed E-state index contributed by atoms with van der Waals surface area (Å²) in [6.07, 6.45) is 4.25. The summed E-state index contributed by atoms with van der Waals surface area (Å²) in [6, 6.07) is 33.4. The SMILES string of the molecule is COc1ccc(Cn2ccc3ccc(-c4ccc5ccn(Cc6cccc(OC=O)c6)c5c4)cc32)cc1. The first-order valence-electron chi connectivity index (χ1n) is 12.2. The molecule has 6 aromatic rings. The molecule has 4 aromatic carbocycles. The quantitative estimate of drug-likeness (QED) is 0.220. The Balaban J connectivity index is 1.32. The third-order valence-electron chi connectivity index (χ3n) is 6.83. The predicted molar refractivity (Wildman–Crippen MR) is 147 cm³/mol. The van der Waals surface area contributed by atoms with Crippen LogP contribution in [0.4, 0.5) is 0 Å². The number of ether oxygens (including phenoxy) is 2. The highest BCUT2D eigenvalue weighted by Crippen LogP contribution is 2.29. The van der Waals surface area contributed by atoms with Gasteiger partial charge in [0, 0.05) is 36.5 Å². The molecule has 0 atom stereocenters. The van der Waals surface area contributed by atoms with Crippen molar-refractivity contribution in [2.24, 2.45) is 0 Å². The second kappa shape index (κ2) is 9.70. The van der Waals surface area contributed by atoms with Crippen LogP contribution in [0.25, 0.3) is 32.9 Å². The first-order chi connectivity index (χ1) is 18.2. The Morgan fingerprint density at radius 2 is 1.27 bits per heavy atom. The predicted octanol–water partition coefficient (Wildman–Crippen LogP) is 6.90. The zero-order valence-corrected chi connectivity index (χ0v) is 20.5. The Kier molecular flexibility index (Phi) is 5.95. The first kappa shape index (κ1) is 22.7. The summed E-state index contributed by atoms with van der Waals surface area (Å²) in [4.78, 5) is 10.7. The van der Waals surface area contributed by atoms with Gasteiger partial charge in [-0.2, -0.15) is 0 Å². The summed E-state index contributed by atoms with van der Waals surface area (Å²) in [5.41, 5.74) is 7.01. The van der Waals surface area contributed by atoms with E-state index in [1.54, 1.807) is 13.2 Å². The van der Waals surface area contributed by atoms with Gasteiger partial charge >= 0.3 is 0 Å². The number of nitrogens with zero attached hydrogens (tertiary/aromatic N) is 2. The average molecular weight is 487 g/mol. The molecule has 0 N–H and O–H groups in total. The number of rotatable bonds is 8. The van der Waals surface area contributed by atoms with Crippen LogP contribution in [0.2, 0.25) is 0 Å². The van der Waals surface area contributed by atoms with Crippen LogP contribution in [-0.4, -0.2) is 22.7 Å². The molecule has 182 valence electrons. The van der Waals surface area contributed by atoms with Crippen molar-refractivity contribution in [3.05, 3.63) is 121 Å². The van der Waals surface area contributed by atoms with Gasteiger partial charge in [-0.15, -0.1) is 0 Å². The molecule has 0 aliphatic carbocycles. The van der Waals surface area contributed by atoms with Crippen LogP contribution >= 0.6 is 0 Å². The lowest BCUT2D eigenvalue weighted by Gasteiger charge is -2.10. The van der Waals surface area contributed by atoms with Crippen molar-refractivity contribution in [1.29, 1.82) is 0 Å². The lowest BCUT2D eigenvalue weighted by atomic mass is 10.0. The molecule has 0 spiro atoms. The Hall–Kier alpha value is -4.77. The van der Waals surface area contributed by atoms with Crippen LogP contribution in [0.1, 0.15) is 11.1 Å². The normalized spacial score (nSPS) is 11.2. The molecule has 0 saturated carbocycles. The number of carbonyl (C=O) groups is 1. The molecule has 2 heterocycles. The topological polar surface area (TPSA) is 45.4 Å². The molecule has 6 rings (SSSR count). The van der Waals surface area contributed by atoms with Gasteiger partial charge in [0.1, 0.15) is 11.5 Å². The fourth-order valence-corrected chi connectivity index (χ4v) is 4.90. The second-order valence-corrected chi connectivity index (χ2v) is 9.14. The Morgan fingerprint density at radius 3 is 1.86 bits per heavy atom. The Morgan fingerprint density at radius 1 is 0.649 bits per heavy atom. The van der Waals surface area contributed by atoms with E-state index in [9.17, 15) is 4.79 Å². The second-order valence-electron chi connectivity index (χ2n) is 9.14. The van der Waals surface area contributed by atoms with Crippen LogP contribution in [0.3, 0.4) is 0 Å². The van der Waals surface area contributed by atoms with Crippen LogP contribution in [0.15, 0.2) is 109 Å². The first-order valence-corrected chi connectivity index (χ1v) is 12.2. The van der Waals surface area contributed by atoms with E-state index in [4.69, 9.17) is 9.47 Å². The monoisotopic (exact) mass is 486 g/mol. The smallest absolute Gasteiger partial charge is 0.298 e. The number of hydrogen-bond donors (Lipinski definition) is 0. The van der Waals surface area contributed by atoms with Crippen LogP contribution in [-0.2, 0) is 17.9 Å². The molecule has 0 bridgehead atoms. The van der Waals surface area contributed by atoms with E-state index >= 15 is 0 Å². The molecular formula is C32H26N2O3. The van der Waals surface area contributed by atoms with E-state index in [2.05, 4.69) is 82.2 Å². The van der Waals surface area contributed by atoms with E-state index in [1.165, 1.54) is 33.0 Å². The van der Waals surface area contributed by atoms with Crippen molar-refractivity contribution in [2.75, 3.05) is 7.11 Å². The van der Waals surface area contributed by atoms with E-state index in [-0.39, 0.29) is 0 Å². The maximum atomic E-state index is 10.7. The van der Waals surface area contributed by atoms with Crippen molar-refractivity contribution >= 4 is 28.3 Å². The highest BCUT2D eigenvalue weighted by atomic mass is 16.5. The molecule has 0 saturated heterocycles. The van der Waals surface area contributed by atoms with E-state index in [0.717, 1.165) is 23.4 Å². The summed E-state index contributed by atoms with van der Waals surface area (Å²) < 4.78 is 14.8. The van der Waals surface area contributed by atoms with Crippen molar-refractivity contribution in [3.8, 4) is 22.6 Å². The summed E-state index contributed by atoms with van der Waals surface area (Å²) in [6.45, 7) is 1.94. The summed E-state index contributed by atoms with van der Waals surface area (Å²) in [5, 5.41) is 2.41. The fraction of sp³-hybridized carbons (Fsp3) is 0.0938. The van der Waals surface area contributed by atoms with Gasteiger partial charge in [0.05, 0.1) is 7.11 Å². The largest absolute Gasteiger partial charge is 0.497 e. The van der Waals surface area contributed by atoms with E-state index in [1.807, 2.05) is 30.3 Å². The molecule has 0 unspecified atom stereocenters. The molecule has 5 heteroatoms. The van der Waals surface area contributed by atoms with Crippen LogP contribution < -0.4 is 9.47 Å². The van der Waals surface area contributed by atoms with Gasteiger partial charge in [0.25, 0.3) is 6.47 Å². The molecule has 0 radical (unpaired) electrons. The minimum absolute atomic E-state index is 0.459. The van der Waals surface area contributed by atoms with Gasteiger partial charge in [0.2, 0.25) is 0 Å². The lowest BCUT2D eigenvalue weighted by Crippen LogP contribution is -1.99. The number of fused-ring (bicyclic) bond motifs is 2. The third-order valence-corrected chi connectivity index (χ3v) is 6.83. The minimum atomic E-state index is 0.459. The highest BCUT2D eigenvalue weighted by molar-refractivity contribution is 5.89. The molecule has 2 aromatic heterocycles. The number of hydrogen-bond acceptors (Lipinski definition) is 3.